The fourth-order valence-corrected chi connectivity index (χ4v) is 3.71. The summed E-state index contributed by atoms with van der Waals surface area (Å²) in [4.78, 5) is 12.4. The van der Waals surface area contributed by atoms with E-state index in [0.717, 1.165) is 16.3 Å². The molecule has 4 aromatic rings. The van der Waals surface area contributed by atoms with Gasteiger partial charge in [-0.1, -0.05) is 66.4 Å². The maximum atomic E-state index is 13.2. The Labute approximate surface area is 160 Å². The number of hydrogen-bond donors (Lipinski definition) is 0. The minimum Gasteiger partial charge on any atom is -0.293 e. The van der Waals surface area contributed by atoms with Gasteiger partial charge in [-0.25, -0.2) is 4.39 Å². The Morgan fingerprint density at radius 3 is 2.22 bits per heavy atom. The van der Waals surface area contributed by atoms with E-state index in [1.165, 1.54) is 23.9 Å². The minimum absolute atomic E-state index is 0.0501. The summed E-state index contributed by atoms with van der Waals surface area (Å²) in [5, 5.41) is 11.3. The van der Waals surface area contributed by atoms with Crippen molar-refractivity contribution in [2.24, 2.45) is 0 Å². The number of ketones is 1. The molecule has 0 aliphatic heterocycles. The highest BCUT2D eigenvalue weighted by Gasteiger charge is 2.13. The van der Waals surface area contributed by atoms with Crippen LogP contribution in [0.25, 0.3) is 22.0 Å². The van der Waals surface area contributed by atoms with Gasteiger partial charge in [-0.3, -0.25) is 4.79 Å². The Kier molecular flexibility index (Phi) is 4.94. The van der Waals surface area contributed by atoms with Crippen molar-refractivity contribution < 1.29 is 9.18 Å². The summed E-state index contributed by atoms with van der Waals surface area (Å²) in [5.41, 5.74) is 2.19. The van der Waals surface area contributed by atoms with Crippen LogP contribution in [0, 0.1) is 5.82 Å². The molecular formula is C22H15FN2OS. The second-order valence-corrected chi connectivity index (χ2v) is 6.95. The number of benzene rings is 3. The van der Waals surface area contributed by atoms with Crippen LogP contribution in [0.3, 0.4) is 0 Å². The summed E-state index contributed by atoms with van der Waals surface area (Å²) in [7, 11) is 0. The third-order valence-electron chi connectivity index (χ3n) is 4.21. The highest BCUT2D eigenvalue weighted by molar-refractivity contribution is 8.00. The van der Waals surface area contributed by atoms with Crippen LogP contribution in [-0.4, -0.2) is 21.7 Å². The Hall–Kier alpha value is -3.05. The number of fused-ring (bicyclic) bond motifs is 1. The quantitative estimate of drug-likeness (QED) is 0.346. The Balaban J connectivity index is 1.66. The number of nitrogens with zero attached hydrogens (tertiary/aromatic N) is 2. The van der Waals surface area contributed by atoms with E-state index in [9.17, 15) is 9.18 Å². The normalized spacial score (nSPS) is 10.9. The number of thioether (sulfide) groups is 1. The molecule has 0 N–H and O–H groups in total. The fourth-order valence-electron chi connectivity index (χ4n) is 2.85. The SMILES string of the molecule is O=C(CSc1nnc(-c2ccc(F)cc2)c2ccccc12)c1ccccc1. The number of halogens is 1. The van der Waals surface area contributed by atoms with Crippen molar-refractivity contribution in [2.45, 2.75) is 5.03 Å². The summed E-state index contributed by atoms with van der Waals surface area (Å²) >= 11 is 1.38. The minimum atomic E-state index is -0.289. The van der Waals surface area contributed by atoms with E-state index in [1.807, 2.05) is 54.6 Å². The van der Waals surface area contributed by atoms with E-state index >= 15 is 0 Å². The first-order chi connectivity index (χ1) is 13.2. The van der Waals surface area contributed by atoms with Crippen LogP contribution >= 0.6 is 11.8 Å². The monoisotopic (exact) mass is 374 g/mol. The van der Waals surface area contributed by atoms with Gasteiger partial charge in [0.25, 0.3) is 0 Å². The van der Waals surface area contributed by atoms with Crippen LogP contribution in [0.2, 0.25) is 0 Å². The number of hydrogen-bond acceptors (Lipinski definition) is 4. The lowest BCUT2D eigenvalue weighted by Crippen LogP contribution is -2.03. The molecule has 4 rings (SSSR count). The van der Waals surface area contributed by atoms with Crippen LogP contribution < -0.4 is 0 Å². The molecule has 0 radical (unpaired) electrons. The van der Waals surface area contributed by atoms with Crippen molar-refractivity contribution >= 4 is 28.3 Å². The van der Waals surface area contributed by atoms with Crippen molar-refractivity contribution in [1.82, 2.24) is 10.2 Å². The predicted octanol–water partition coefficient (Wildman–Crippen LogP) is 5.41. The molecule has 0 atom stereocenters. The molecule has 0 aliphatic rings. The molecule has 3 aromatic carbocycles. The molecule has 1 aromatic heterocycles. The fraction of sp³-hybridized carbons (Fsp3) is 0.0455. The summed E-state index contributed by atoms with van der Waals surface area (Å²) in [6.07, 6.45) is 0. The van der Waals surface area contributed by atoms with Crippen molar-refractivity contribution in [3.05, 3.63) is 90.2 Å². The van der Waals surface area contributed by atoms with E-state index in [0.29, 0.717) is 22.0 Å². The average Bonchev–Trinajstić information content (AvgIpc) is 2.73. The molecule has 3 nitrogen and oxygen atoms in total. The van der Waals surface area contributed by atoms with Crippen LogP contribution in [-0.2, 0) is 0 Å². The van der Waals surface area contributed by atoms with Crippen LogP contribution in [0.4, 0.5) is 4.39 Å². The third kappa shape index (κ3) is 3.73. The van der Waals surface area contributed by atoms with Gasteiger partial charge in [0.2, 0.25) is 0 Å². The molecule has 0 unspecified atom stereocenters. The van der Waals surface area contributed by atoms with Gasteiger partial charge < -0.3 is 0 Å². The standard InChI is InChI=1S/C22H15FN2OS/c23-17-12-10-16(11-13-17)21-18-8-4-5-9-19(18)22(25-24-21)27-14-20(26)15-6-2-1-3-7-15/h1-13H,14H2. The molecule has 0 saturated carbocycles. The second kappa shape index (κ2) is 7.68. The highest BCUT2D eigenvalue weighted by Crippen LogP contribution is 2.32. The number of Topliss-reactive ketones (excluding diaryl/α,β-unsaturated/α-hetero) is 1. The van der Waals surface area contributed by atoms with E-state index in [2.05, 4.69) is 10.2 Å². The summed E-state index contributed by atoms with van der Waals surface area (Å²) < 4.78 is 13.2. The zero-order valence-corrected chi connectivity index (χ0v) is 15.1. The van der Waals surface area contributed by atoms with E-state index < -0.39 is 0 Å². The Morgan fingerprint density at radius 2 is 1.48 bits per heavy atom. The number of aromatic nitrogens is 2. The average molecular weight is 374 g/mol. The van der Waals surface area contributed by atoms with Gasteiger partial charge in [0.1, 0.15) is 16.5 Å². The molecule has 0 fully saturated rings. The molecule has 0 spiro atoms. The molecule has 0 aliphatic carbocycles. The zero-order valence-electron chi connectivity index (χ0n) is 14.3. The number of carbonyl (C=O) groups is 1. The smallest absolute Gasteiger partial charge is 0.173 e. The number of carbonyl (C=O) groups excluding carboxylic acids is 1. The van der Waals surface area contributed by atoms with Crippen molar-refractivity contribution in [3.8, 4) is 11.3 Å². The predicted molar refractivity (Wildman–Crippen MR) is 106 cm³/mol. The van der Waals surface area contributed by atoms with Crippen molar-refractivity contribution in [3.63, 3.8) is 0 Å². The van der Waals surface area contributed by atoms with E-state index in [4.69, 9.17) is 0 Å². The molecule has 27 heavy (non-hydrogen) atoms. The molecule has 0 amide bonds. The lowest BCUT2D eigenvalue weighted by molar-refractivity contribution is 0.102. The summed E-state index contributed by atoms with van der Waals surface area (Å²) in [6, 6.07) is 23.2. The van der Waals surface area contributed by atoms with Gasteiger partial charge in [0.05, 0.1) is 5.75 Å². The Morgan fingerprint density at radius 1 is 0.815 bits per heavy atom. The highest BCUT2D eigenvalue weighted by atomic mass is 32.2. The molecule has 1 heterocycles. The van der Waals surface area contributed by atoms with Crippen LogP contribution in [0.1, 0.15) is 10.4 Å². The molecule has 132 valence electrons. The first-order valence-electron chi connectivity index (χ1n) is 8.45. The topological polar surface area (TPSA) is 42.9 Å². The van der Waals surface area contributed by atoms with Gasteiger partial charge in [0.15, 0.2) is 5.78 Å². The van der Waals surface area contributed by atoms with Gasteiger partial charge >= 0.3 is 0 Å². The van der Waals surface area contributed by atoms with Gasteiger partial charge in [0, 0.05) is 21.9 Å². The first-order valence-corrected chi connectivity index (χ1v) is 9.43. The maximum Gasteiger partial charge on any atom is 0.173 e. The van der Waals surface area contributed by atoms with Gasteiger partial charge in [-0.2, -0.15) is 0 Å². The lowest BCUT2D eigenvalue weighted by atomic mass is 10.1. The molecule has 0 bridgehead atoms. The third-order valence-corrected chi connectivity index (χ3v) is 5.19. The molecular weight excluding hydrogens is 359 g/mol. The van der Waals surface area contributed by atoms with Crippen molar-refractivity contribution in [1.29, 1.82) is 0 Å². The molecule has 5 heteroatoms. The van der Waals surface area contributed by atoms with Crippen LogP contribution in [0.5, 0.6) is 0 Å². The van der Waals surface area contributed by atoms with Gasteiger partial charge in [-0.15, -0.1) is 10.2 Å². The van der Waals surface area contributed by atoms with Gasteiger partial charge in [-0.05, 0) is 24.3 Å². The summed E-state index contributed by atoms with van der Waals surface area (Å²) in [5.74, 6) is 0.0511. The second-order valence-electron chi connectivity index (χ2n) is 5.98. The maximum absolute atomic E-state index is 13.2. The van der Waals surface area contributed by atoms with E-state index in [1.54, 1.807) is 12.1 Å². The summed E-state index contributed by atoms with van der Waals surface area (Å²) in [6.45, 7) is 0. The number of rotatable bonds is 5. The largest absolute Gasteiger partial charge is 0.293 e. The zero-order chi connectivity index (χ0) is 18.6. The molecule has 0 saturated heterocycles. The van der Waals surface area contributed by atoms with Crippen LogP contribution in [0.15, 0.2) is 83.9 Å². The Bertz CT molecular complexity index is 1100. The van der Waals surface area contributed by atoms with E-state index in [-0.39, 0.29) is 11.6 Å². The first kappa shape index (κ1) is 17.4. The lowest BCUT2D eigenvalue weighted by Gasteiger charge is -2.09. The van der Waals surface area contributed by atoms with Crippen molar-refractivity contribution in [2.75, 3.05) is 5.75 Å².